The molecule has 0 radical (unpaired) electrons. The van der Waals surface area contributed by atoms with E-state index in [1.54, 1.807) is 22.3 Å². The van der Waals surface area contributed by atoms with E-state index in [0.29, 0.717) is 18.7 Å². The summed E-state index contributed by atoms with van der Waals surface area (Å²) >= 11 is 7.89. The highest BCUT2D eigenvalue weighted by Gasteiger charge is 2.24. The van der Waals surface area contributed by atoms with Crippen molar-refractivity contribution in [3.63, 3.8) is 0 Å². The molecule has 3 aromatic rings. The van der Waals surface area contributed by atoms with Gasteiger partial charge in [-0.25, -0.2) is 12.8 Å². The zero-order valence-electron chi connectivity index (χ0n) is 17.0. The Morgan fingerprint density at radius 1 is 1.06 bits per heavy atom. The highest BCUT2D eigenvalue weighted by molar-refractivity contribution is 7.92. The molecule has 1 aromatic heterocycles. The summed E-state index contributed by atoms with van der Waals surface area (Å²) in [6.07, 6.45) is 0. The van der Waals surface area contributed by atoms with E-state index in [1.807, 2.05) is 6.07 Å². The Morgan fingerprint density at radius 3 is 2.44 bits per heavy atom. The molecule has 1 saturated heterocycles. The number of carbonyl (C=O) groups excluding carboxylic acids is 1. The van der Waals surface area contributed by atoms with Crippen LogP contribution in [0.1, 0.15) is 15.2 Å². The van der Waals surface area contributed by atoms with Crippen LogP contribution in [0.5, 0.6) is 0 Å². The molecule has 1 aliphatic rings. The van der Waals surface area contributed by atoms with Crippen molar-refractivity contribution < 1.29 is 17.6 Å². The number of hydrogen-bond donors (Lipinski definition) is 1. The number of halogens is 2. The number of thiophene rings is 1. The second kappa shape index (κ2) is 9.58. The molecular weight excluding hydrogens is 473 g/mol. The van der Waals surface area contributed by atoms with Crippen LogP contribution in [0.4, 0.5) is 10.1 Å². The summed E-state index contributed by atoms with van der Waals surface area (Å²) in [5.41, 5.74) is 0.441. The highest BCUT2D eigenvalue weighted by Crippen LogP contribution is 2.27. The number of benzene rings is 2. The van der Waals surface area contributed by atoms with Gasteiger partial charge in [-0.05, 0) is 53.9 Å². The molecule has 6 nitrogen and oxygen atoms in total. The van der Waals surface area contributed by atoms with Crippen LogP contribution in [0, 0.1) is 5.82 Å². The van der Waals surface area contributed by atoms with Crippen molar-refractivity contribution in [2.24, 2.45) is 0 Å². The van der Waals surface area contributed by atoms with Crippen LogP contribution >= 0.6 is 22.9 Å². The minimum Gasteiger partial charge on any atom is -0.336 e. The number of nitrogens with one attached hydrogen (secondary N) is 1. The standard InChI is InChI=1S/C22H21ClFN3O3S2/c23-20-8-3-16(14-21(20)25-32(29,30)19-6-4-17(24)5-7-19)22(28)27-11-9-26(10-12-27)15-18-2-1-13-31-18/h1-8,13-14,25H,9-12,15H2. The molecule has 10 heteroatoms. The normalized spacial score (nSPS) is 15.0. The third kappa shape index (κ3) is 5.29. The van der Waals surface area contributed by atoms with E-state index in [-0.39, 0.29) is 21.5 Å². The maximum absolute atomic E-state index is 13.1. The monoisotopic (exact) mass is 493 g/mol. The van der Waals surface area contributed by atoms with Gasteiger partial charge in [-0.1, -0.05) is 17.7 Å². The molecule has 1 fully saturated rings. The number of carbonyl (C=O) groups is 1. The Kier molecular flexibility index (Phi) is 6.80. The van der Waals surface area contributed by atoms with Crippen LogP contribution in [0.2, 0.25) is 5.02 Å². The Morgan fingerprint density at radius 2 is 1.78 bits per heavy atom. The van der Waals surface area contributed by atoms with Crippen LogP contribution in [-0.4, -0.2) is 50.3 Å². The van der Waals surface area contributed by atoms with E-state index in [9.17, 15) is 17.6 Å². The molecule has 1 aliphatic heterocycles. The predicted octanol–water partition coefficient (Wildman–Crippen LogP) is 4.30. The van der Waals surface area contributed by atoms with Gasteiger partial charge in [0.25, 0.3) is 15.9 Å². The van der Waals surface area contributed by atoms with Crippen molar-refractivity contribution >= 4 is 44.6 Å². The van der Waals surface area contributed by atoms with Gasteiger partial charge in [0, 0.05) is 43.2 Å². The van der Waals surface area contributed by atoms with Gasteiger partial charge in [-0.3, -0.25) is 14.4 Å². The first kappa shape index (κ1) is 22.7. The van der Waals surface area contributed by atoms with Crippen molar-refractivity contribution in [2.75, 3.05) is 30.9 Å². The molecule has 168 valence electrons. The molecule has 0 spiro atoms. The Hall–Kier alpha value is -2.46. The van der Waals surface area contributed by atoms with Crippen LogP contribution < -0.4 is 4.72 Å². The Bertz CT molecular complexity index is 1190. The molecule has 32 heavy (non-hydrogen) atoms. The molecule has 0 atom stereocenters. The molecular formula is C22H21ClFN3O3S2. The number of amides is 1. The molecule has 1 N–H and O–H groups in total. The van der Waals surface area contributed by atoms with E-state index >= 15 is 0 Å². The Balaban J connectivity index is 1.44. The summed E-state index contributed by atoms with van der Waals surface area (Å²) in [4.78, 5) is 18.3. The van der Waals surface area contributed by atoms with Gasteiger partial charge in [0.1, 0.15) is 5.82 Å². The van der Waals surface area contributed by atoms with Crippen LogP contribution in [0.3, 0.4) is 0 Å². The number of hydrogen-bond acceptors (Lipinski definition) is 5. The van der Waals surface area contributed by atoms with Gasteiger partial charge in [0.05, 0.1) is 15.6 Å². The van der Waals surface area contributed by atoms with Crippen molar-refractivity contribution in [3.05, 3.63) is 81.3 Å². The van der Waals surface area contributed by atoms with E-state index < -0.39 is 15.8 Å². The third-order valence-electron chi connectivity index (χ3n) is 5.20. The molecule has 0 saturated carbocycles. The molecule has 1 amide bonds. The molecule has 4 rings (SSSR count). The smallest absolute Gasteiger partial charge is 0.261 e. The largest absolute Gasteiger partial charge is 0.336 e. The average molecular weight is 494 g/mol. The lowest BCUT2D eigenvalue weighted by molar-refractivity contribution is 0.0629. The summed E-state index contributed by atoms with van der Waals surface area (Å²) in [5.74, 6) is -0.718. The number of sulfonamides is 1. The fraction of sp³-hybridized carbons (Fsp3) is 0.227. The number of rotatable bonds is 6. The van der Waals surface area contributed by atoms with Crippen LogP contribution in [0.25, 0.3) is 0 Å². The average Bonchev–Trinajstić information content (AvgIpc) is 3.28. The second-order valence-corrected chi connectivity index (χ2v) is 10.5. The maximum Gasteiger partial charge on any atom is 0.261 e. The highest BCUT2D eigenvalue weighted by atomic mass is 35.5. The minimum absolute atomic E-state index is 0.0955. The number of nitrogens with zero attached hydrogens (tertiary/aromatic N) is 2. The van der Waals surface area contributed by atoms with Gasteiger partial charge < -0.3 is 4.90 Å². The molecule has 2 heterocycles. The first-order valence-electron chi connectivity index (χ1n) is 9.94. The van der Waals surface area contributed by atoms with Gasteiger partial charge in [-0.2, -0.15) is 0 Å². The summed E-state index contributed by atoms with van der Waals surface area (Å²) in [6.45, 7) is 3.57. The van der Waals surface area contributed by atoms with Crippen molar-refractivity contribution in [1.82, 2.24) is 9.80 Å². The van der Waals surface area contributed by atoms with E-state index in [2.05, 4.69) is 21.1 Å². The lowest BCUT2D eigenvalue weighted by Crippen LogP contribution is -2.48. The quantitative estimate of drug-likeness (QED) is 0.556. The minimum atomic E-state index is -3.98. The zero-order valence-corrected chi connectivity index (χ0v) is 19.4. The fourth-order valence-electron chi connectivity index (χ4n) is 3.47. The third-order valence-corrected chi connectivity index (χ3v) is 7.77. The number of anilines is 1. The first-order valence-corrected chi connectivity index (χ1v) is 12.7. The Labute approximate surface area is 195 Å². The topological polar surface area (TPSA) is 69.7 Å². The van der Waals surface area contributed by atoms with Gasteiger partial charge >= 0.3 is 0 Å². The SMILES string of the molecule is O=C(c1ccc(Cl)c(NS(=O)(=O)c2ccc(F)cc2)c1)N1CCN(Cc2cccs2)CC1. The van der Waals surface area contributed by atoms with E-state index in [4.69, 9.17) is 11.6 Å². The van der Waals surface area contributed by atoms with E-state index in [0.717, 1.165) is 43.9 Å². The fourth-order valence-corrected chi connectivity index (χ4v) is 5.51. The summed E-state index contributed by atoms with van der Waals surface area (Å²) in [5, 5.41) is 2.21. The van der Waals surface area contributed by atoms with Crippen molar-refractivity contribution in [2.45, 2.75) is 11.4 Å². The lowest BCUT2D eigenvalue weighted by Gasteiger charge is -2.34. The lowest BCUT2D eigenvalue weighted by atomic mass is 10.1. The van der Waals surface area contributed by atoms with Gasteiger partial charge in [0.2, 0.25) is 0 Å². The van der Waals surface area contributed by atoms with E-state index in [1.165, 1.54) is 17.0 Å². The maximum atomic E-state index is 13.1. The van der Waals surface area contributed by atoms with Crippen molar-refractivity contribution in [3.8, 4) is 0 Å². The molecule has 0 aliphatic carbocycles. The first-order chi connectivity index (χ1) is 15.3. The van der Waals surface area contributed by atoms with Crippen LogP contribution in [0.15, 0.2) is 64.9 Å². The number of piperazine rings is 1. The van der Waals surface area contributed by atoms with Gasteiger partial charge in [-0.15, -0.1) is 11.3 Å². The summed E-state index contributed by atoms with van der Waals surface area (Å²) < 4.78 is 40.8. The second-order valence-electron chi connectivity index (χ2n) is 7.40. The van der Waals surface area contributed by atoms with Crippen LogP contribution in [-0.2, 0) is 16.6 Å². The predicted molar refractivity (Wildman–Crippen MR) is 124 cm³/mol. The van der Waals surface area contributed by atoms with Crippen molar-refractivity contribution in [1.29, 1.82) is 0 Å². The molecule has 0 bridgehead atoms. The zero-order chi connectivity index (χ0) is 22.7. The summed E-state index contributed by atoms with van der Waals surface area (Å²) in [6, 6.07) is 13.1. The summed E-state index contributed by atoms with van der Waals surface area (Å²) in [7, 11) is -3.98. The molecule has 2 aromatic carbocycles. The van der Waals surface area contributed by atoms with Gasteiger partial charge in [0.15, 0.2) is 0 Å². The molecule has 0 unspecified atom stereocenters.